The van der Waals surface area contributed by atoms with Gasteiger partial charge in [-0.15, -0.1) is 0 Å². The molecule has 0 aliphatic carbocycles. The SMILES string of the molecule is CCc1cc(-c2n[nH]c(=S)n2-c2cccc(N3CCCC3)c2)ccc1C. The highest BCUT2D eigenvalue weighted by atomic mass is 32.1. The van der Waals surface area contributed by atoms with Crippen molar-refractivity contribution in [3.63, 3.8) is 0 Å². The summed E-state index contributed by atoms with van der Waals surface area (Å²) in [6.45, 7) is 6.60. The molecule has 2 aromatic carbocycles. The highest BCUT2D eigenvalue weighted by molar-refractivity contribution is 7.71. The zero-order valence-electron chi connectivity index (χ0n) is 15.3. The maximum absolute atomic E-state index is 5.55. The number of benzene rings is 2. The Bertz CT molecular complexity index is 980. The molecule has 4 rings (SSSR count). The van der Waals surface area contributed by atoms with E-state index in [4.69, 9.17) is 12.2 Å². The molecule has 0 amide bonds. The molecule has 2 heterocycles. The van der Waals surface area contributed by atoms with Crippen LogP contribution in [0.15, 0.2) is 42.5 Å². The average molecular weight is 365 g/mol. The fraction of sp³-hybridized carbons (Fsp3) is 0.333. The van der Waals surface area contributed by atoms with E-state index in [1.165, 1.54) is 29.7 Å². The molecule has 1 aromatic heterocycles. The van der Waals surface area contributed by atoms with Gasteiger partial charge in [-0.05, 0) is 73.8 Å². The van der Waals surface area contributed by atoms with Crippen molar-refractivity contribution in [2.45, 2.75) is 33.1 Å². The fourth-order valence-corrected chi connectivity index (χ4v) is 3.96. The molecule has 0 unspecified atom stereocenters. The quantitative estimate of drug-likeness (QED) is 0.657. The molecule has 0 radical (unpaired) electrons. The molecule has 1 aliphatic rings. The Hall–Kier alpha value is -2.40. The molecule has 1 N–H and O–H groups in total. The molecule has 1 saturated heterocycles. The Balaban J connectivity index is 1.80. The van der Waals surface area contributed by atoms with E-state index in [1.54, 1.807) is 0 Å². The summed E-state index contributed by atoms with van der Waals surface area (Å²) in [5, 5.41) is 7.50. The van der Waals surface area contributed by atoms with Gasteiger partial charge in [-0.1, -0.05) is 25.1 Å². The van der Waals surface area contributed by atoms with Crippen LogP contribution in [0.2, 0.25) is 0 Å². The van der Waals surface area contributed by atoms with Crippen molar-refractivity contribution in [2.24, 2.45) is 0 Å². The van der Waals surface area contributed by atoms with E-state index in [0.29, 0.717) is 4.77 Å². The molecule has 4 nitrogen and oxygen atoms in total. The number of rotatable bonds is 4. The van der Waals surface area contributed by atoms with Crippen LogP contribution in [0.3, 0.4) is 0 Å². The van der Waals surface area contributed by atoms with Crippen LogP contribution in [0.5, 0.6) is 0 Å². The van der Waals surface area contributed by atoms with Crippen molar-refractivity contribution in [1.82, 2.24) is 14.8 Å². The summed E-state index contributed by atoms with van der Waals surface area (Å²) >= 11 is 5.55. The molecule has 134 valence electrons. The lowest BCUT2D eigenvalue weighted by molar-refractivity contribution is 0.949. The number of nitrogens with zero attached hydrogens (tertiary/aromatic N) is 3. The van der Waals surface area contributed by atoms with Crippen LogP contribution in [-0.2, 0) is 6.42 Å². The van der Waals surface area contributed by atoms with Gasteiger partial charge in [-0.2, -0.15) is 5.10 Å². The minimum absolute atomic E-state index is 0.622. The molecule has 0 atom stereocenters. The van der Waals surface area contributed by atoms with Crippen LogP contribution in [0.25, 0.3) is 17.1 Å². The second kappa shape index (κ2) is 7.08. The van der Waals surface area contributed by atoms with Gasteiger partial charge in [0.05, 0.1) is 5.69 Å². The first kappa shape index (κ1) is 17.0. The third-order valence-electron chi connectivity index (χ3n) is 5.22. The van der Waals surface area contributed by atoms with Gasteiger partial charge in [0.15, 0.2) is 10.6 Å². The van der Waals surface area contributed by atoms with Gasteiger partial charge in [0.1, 0.15) is 0 Å². The highest BCUT2D eigenvalue weighted by Crippen LogP contribution is 2.27. The Kier molecular flexibility index (Phi) is 4.64. The number of hydrogen-bond donors (Lipinski definition) is 1. The maximum atomic E-state index is 5.55. The molecule has 0 bridgehead atoms. The molecule has 1 aliphatic heterocycles. The number of hydrogen-bond acceptors (Lipinski definition) is 3. The number of anilines is 1. The summed E-state index contributed by atoms with van der Waals surface area (Å²) in [6, 6.07) is 15.1. The fourth-order valence-electron chi connectivity index (χ4n) is 3.73. The maximum Gasteiger partial charge on any atom is 0.200 e. The van der Waals surface area contributed by atoms with Crippen molar-refractivity contribution in [1.29, 1.82) is 0 Å². The van der Waals surface area contributed by atoms with Gasteiger partial charge < -0.3 is 4.90 Å². The zero-order chi connectivity index (χ0) is 18.1. The van der Waals surface area contributed by atoms with Crippen LogP contribution in [0.4, 0.5) is 5.69 Å². The Labute approximate surface area is 159 Å². The number of nitrogens with one attached hydrogen (secondary N) is 1. The predicted molar refractivity (Wildman–Crippen MR) is 110 cm³/mol. The van der Waals surface area contributed by atoms with Crippen LogP contribution < -0.4 is 4.90 Å². The number of aromatic nitrogens is 3. The average Bonchev–Trinajstić information content (AvgIpc) is 3.32. The summed E-state index contributed by atoms with van der Waals surface area (Å²) in [5.41, 5.74) is 6.06. The van der Waals surface area contributed by atoms with Gasteiger partial charge in [-0.3, -0.25) is 9.67 Å². The molecule has 1 fully saturated rings. The second-order valence-corrected chi connectivity index (χ2v) is 7.28. The van der Waals surface area contributed by atoms with Crippen molar-refractivity contribution >= 4 is 17.9 Å². The lowest BCUT2D eigenvalue weighted by Gasteiger charge is -2.19. The van der Waals surface area contributed by atoms with E-state index in [2.05, 4.69) is 71.4 Å². The Morgan fingerprint density at radius 2 is 1.85 bits per heavy atom. The summed E-state index contributed by atoms with van der Waals surface area (Å²) < 4.78 is 2.66. The molecule has 26 heavy (non-hydrogen) atoms. The highest BCUT2D eigenvalue weighted by Gasteiger charge is 2.15. The molecular formula is C21H24N4S. The number of aromatic amines is 1. The molecule has 0 spiro atoms. The van der Waals surface area contributed by atoms with E-state index in [0.717, 1.165) is 36.6 Å². The summed E-state index contributed by atoms with van der Waals surface area (Å²) in [6.07, 6.45) is 3.54. The van der Waals surface area contributed by atoms with Gasteiger partial charge in [0.25, 0.3) is 0 Å². The first-order valence-electron chi connectivity index (χ1n) is 9.30. The van der Waals surface area contributed by atoms with E-state index in [-0.39, 0.29) is 0 Å². The third kappa shape index (κ3) is 3.07. The minimum atomic E-state index is 0.622. The van der Waals surface area contributed by atoms with Gasteiger partial charge in [0, 0.05) is 24.3 Å². The topological polar surface area (TPSA) is 36.9 Å². The first-order chi connectivity index (χ1) is 12.7. The minimum Gasteiger partial charge on any atom is -0.371 e. The van der Waals surface area contributed by atoms with E-state index in [9.17, 15) is 0 Å². The van der Waals surface area contributed by atoms with E-state index in [1.807, 2.05) is 4.57 Å². The molecule has 5 heteroatoms. The largest absolute Gasteiger partial charge is 0.371 e. The summed E-state index contributed by atoms with van der Waals surface area (Å²) in [7, 11) is 0. The Morgan fingerprint density at radius 1 is 1.08 bits per heavy atom. The smallest absolute Gasteiger partial charge is 0.200 e. The van der Waals surface area contributed by atoms with E-state index < -0.39 is 0 Å². The molecule has 3 aromatic rings. The van der Waals surface area contributed by atoms with Gasteiger partial charge >= 0.3 is 0 Å². The van der Waals surface area contributed by atoms with Gasteiger partial charge in [-0.25, -0.2) is 0 Å². The van der Waals surface area contributed by atoms with Gasteiger partial charge in [0.2, 0.25) is 0 Å². The Morgan fingerprint density at radius 3 is 2.62 bits per heavy atom. The lowest BCUT2D eigenvalue weighted by atomic mass is 10.0. The first-order valence-corrected chi connectivity index (χ1v) is 9.71. The van der Waals surface area contributed by atoms with Crippen LogP contribution >= 0.6 is 12.2 Å². The van der Waals surface area contributed by atoms with Crippen molar-refractivity contribution in [2.75, 3.05) is 18.0 Å². The van der Waals surface area contributed by atoms with Crippen molar-refractivity contribution < 1.29 is 0 Å². The molecular weight excluding hydrogens is 340 g/mol. The zero-order valence-corrected chi connectivity index (χ0v) is 16.1. The lowest BCUT2D eigenvalue weighted by Crippen LogP contribution is -2.17. The molecule has 0 saturated carbocycles. The summed E-state index contributed by atoms with van der Waals surface area (Å²) in [5.74, 6) is 0.864. The number of H-pyrrole nitrogens is 1. The van der Waals surface area contributed by atoms with Crippen LogP contribution in [0.1, 0.15) is 30.9 Å². The standard InChI is InChI=1S/C21H24N4S/c1-3-16-13-17(10-9-15(16)2)20-22-23-21(26)25(20)19-8-6-7-18(14-19)24-11-4-5-12-24/h6-10,13-14H,3-5,11-12H2,1-2H3,(H,23,26). The normalized spacial score (nSPS) is 14.2. The number of aryl methyl sites for hydroxylation is 2. The van der Waals surface area contributed by atoms with Crippen molar-refractivity contribution in [3.8, 4) is 17.1 Å². The summed E-state index contributed by atoms with van der Waals surface area (Å²) in [4.78, 5) is 2.44. The second-order valence-electron chi connectivity index (χ2n) is 6.90. The van der Waals surface area contributed by atoms with Crippen LogP contribution in [0, 0.1) is 11.7 Å². The van der Waals surface area contributed by atoms with Crippen LogP contribution in [-0.4, -0.2) is 27.9 Å². The predicted octanol–water partition coefficient (Wildman–Crippen LogP) is 5.07. The van der Waals surface area contributed by atoms with Crippen molar-refractivity contribution in [3.05, 3.63) is 58.4 Å². The monoisotopic (exact) mass is 364 g/mol. The van der Waals surface area contributed by atoms with E-state index >= 15 is 0 Å². The third-order valence-corrected chi connectivity index (χ3v) is 5.49.